The zero-order valence-electron chi connectivity index (χ0n) is 13.0. The fourth-order valence-electron chi connectivity index (χ4n) is 2.86. The third-order valence-corrected chi connectivity index (χ3v) is 4.09. The number of nitrogens with zero attached hydrogens (tertiary/aromatic N) is 4. The second-order valence-corrected chi connectivity index (χ2v) is 5.71. The van der Waals surface area contributed by atoms with Crippen LogP contribution in [0.25, 0.3) is 0 Å². The molecule has 1 N–H and O–H groups in total. The van der Waals surface area contributed by atoms with Crippen molar-refractivity contribution in [1.82, 2.24) is 9.97 Å². The Morgan fingerprint density at radius 2 is 1.96 bits per heavy atom. The average Bonchev–Trinajstić information content (AvgIpc) is 2.56. The van der Waals surface area contributed by atoms with Crippen LogP contribution in [0.4, 0.5) is 17.3 Å². The number of nitro benzene ring substituents is 1. The number of rotatable bonds is 4. The van der Waals surface area contributed by atoms with Crippen molar-refractivity contribution < 1.29 is 4.92 Å². The Bertz CT molecular complexity index is 684. The van der Waals surface area contributed by atoms with E-state index in [1.54, 1.807) is 31.5 Å². The van der Waals surface area contributed by atoms with E-state index < -0.39 is 0 Å². The predicted molar refractivity (Wildman–Crippen MR) is 88.7 cm³/mol. The SMILES string of the molecule is Cc1cc(NC2CCN(c3ncccn3)CC2)ccc1[N+](=O)[O-]. The summed E-state index contributed by atoms with van der Waals surface area (Å²) in [7, 11) is 0. The first-order valence-electron chi connectivity index (χ1n) is 7.67. The summed E-state index contributed by atoms with van der Waals surface area (Å²) in [5.74, 6) is 0.775. The number of nitro groups is 1. The molecule has 0 bridgehead atoms. The lowest BCUT2D eigenvalue weighted by Crippen LogP contribution is -2.39. The van der Waals surface area contributed by atoms with E-state index in [-0.39, 0.29) is 10.6 Å². The van der Waals surface area contributed by atoms with Gasteiger partial charge in [-0.1, -0.05) is 0 Å². The summed E-state index contributed by atoms with van der Waals surface area (Å²) in [5, 5.41) is 14.3. The zero-order valence-corrected chi connectivity index (χ0v) is 13.0. The number of hydrogen-bond donors (Lipinski definition) is 1. The molecule has 1 aliphatic heterocycles. The molecule has 23 heavy (non-hydrogen) atoms. The van der Waals surface area contributed by atoms with Gasteiger partial charge in [-0.15, -0.1) is 0 Å². The minimum atomic E-state index is -0.350. The lowest BCUT2D eigenvalue weighted by atomic mass is 10.0. The van der Waals surface area contributed by atoms with Gasteiger partial charge in [0, 0.05) is 48.8 Å². The number of anilines is 2. The molecular weight excluding hydrogens is 294 g/mol. The van der Waals surface area contributed by atoms with Crippen LogP contribution < -0.4 is 10.2 Å². The van der Waals surface area contributed by atoms with E-state index in [4.69, 9.17) is 0 Å². The standard InChI is InChI=1S/C16H19N5O2/c1-12-11-14(3-4-15(12)21(22)23)19-13-5-9-20(10-6-13)16-17-7-2-8-18-16/h2-4,7-8,11,13,19H,5-6,9-10H2,1H3. The molecule has 3 rings (SSSR count). The molecule has 7 nitrogen and oxygen atoms in total. The second-order valence-electron chi connectivity index (χ2n) is 5.71. The second kappa shape index (κ2) is 6.60. The van der Waals surface area contributed by atoms with Crippen molar-refractivity contribution in [2.24, 2.45) is 0 Å². The smallest absolute Gasteiger partial charge is 0.272 e. The minimum absolute atomic E-state index is 0.159. The third-order valence-electron chi connectivity index (χ3n) is 4.09. The molecule has 0 radical (unpaired) electrons. The van der Waals surface area contributed by atoms with Crippen LogP contribution in [-0.4, -0.2) is 34.0 Å². The van der Waals surface area contributed by atoms with Gasteiger partial charge >= 0.3 is 0 Å². The average molecular weight is 313 g/mol. The van der Waals surface area contributed by atoms with E-state index in [0.717, 1.165) is 37.6 Å². The largest absolute Gasteiger partial charge is 0.382 e. The first-order chi connectivity index (χ1) is 11.1. The molecule has 0 unspecified atom stereocenters. The Labute approximate surface area is 134 Å². The van der Waals surface area contributed by atoms with Crippen LogP contribution in [0.2, 0.25) is 0 Å². The Kier molecular flexibility index (Phi) is 4.36. The van der Waals surface area contributed by atoms with Crippen LogP contribution in [0.15, 0.2) is 36.7 Å². The van der Waals surface area contributed by atoms with Crippen molar-refractivity contribution in [1.29, 1.82) is 0 Å². The first-order valence-corrected chi connectivity index (χ1v) is 7.67. The van der Waals surface area contributed by atoms with Gasteiger partial charge in [0.2, 0.25) is 5.95 Å². The quantitative estimate of drug-likeness (QED) is 0.690. The van der Waals surface area contributed by atoms with Gasteiger partial charge in [0.25, 0.3) is 5.69 Å². The first kappa shape index (κ1) is 15.2. The maximum Gasteiger partial charge on any atom is 0.272 e. The van der Waals surface area contributed by atoms with Gasteiger partial charge in [-0.3, -0.25) is 10.1 Å². The summed E-state index contributed by atoms with van der Waals surface area (Å²) in [6.07, 6.45) is 5.47. The van der Waals surface area contributed by atoms with Crippen molar-refractivity contribution >= 4 is 17.3 Å². The van der Waals surface area contributed by atoms with Crippen molar-refractivity contribution in [3.63, 3.8) is 0 Å². The number of piperidine rings is 1. The summed E-state index contributed by atoms with van der Waals surface area (Å²) < 4.78 is 0. The molecule has 0 atom stereocenters. The Balaban J connectivity index is 1.59. The molecule has 120 valence electrons. The molecule has 1 saturated heterocycles. The van der Waals surface area contributed by atoms with Gasteiger partial charge in [-0.2, -0.15) is 0 Å². The Hall–Kier alpha value is -2.70. The highest BCUT2D eigenvalue weighted by molar-refractivity contribution is 5.54. The fraction of sp³-hybridized carbons (Fsp3) is 0.375. The van der Waals surface area contributed by atoms with Crippen molar-refractivity contribution in [3.8, 4) is 0 Å². The van der Waals surface area contributed by atoms with Crippen molar-refractivity contribution in [2.45, 2.75) is 25.8 Å². The molecule has 2 aromatic rings. The number of hydrogen-bond acceptors (Lipinski definition) is 6. The minimum Gasteiger partial charge on any atom is -0.382 e. The van der Waals surface area contributed by atoms with E-state index in [2.05, 4.69) is 20.2 Å². The molecule has 1 aromatic heterocycles. The molecule has 0 amide bonds. The molecule has 0 spiro atoms. The predicted octanol–water partition coefficient (Wildman–Crippen LogP) is 2.77. The van der Waals surface area contributed by atoms with Gasteiger partial charge in [-0.25, -0.2) is 9.97 Å². The van der Waals surface area contributed by atoms with E-state index in [1.807, 2.05) is 12.1 Å². The summed E-state index contributed by atoms with van der Waals surface area (Å²) in [6, 6.07) is 7.35. The highest BCUT2D eigenvalue weighted by atomic mass is 16.6. The molecule has 1 aromatic carbocycles. The van der Waals surface area contributed by atoms with E-state index in [1.165, 1.54) is 0 Å². The van der Waals surface area contributed by atoms with Gasteiger partial charge in [0.15, 0.2) is 0 Å². The molecule has 2 heterocycles. The highest BCUT2D eigenvalue weighted by Gasteiger charge is 2.21. The van der Waals surface area contributed by atoms with Gasteiger partial charge < -0.3 is 10.2 Å². The van der Waals surface area contributed by atoms with Gasteiger partial charge in [-0.05, 0) is 38.0 Å². The summed E-state index contributed by atoms with van der Waals surface area (Å²) in [4.78, 5) is 21.3. The third kappa shape index (κ3) is 3.56. The number of benzene rings is 1. The summed E-state index contributed by atoms with van der Waals surface area (Å²) in [5.41, 5.74) is 1.77. The monoisotopic (exact) mass is 313 g/mol. The Morgan fingerprint density at radius 3 is 2.57 bits per heavy atom. The zero-order chi connectivity index (χ0) is 16.2. The van der Waals surface area contributed by atoms with Crippen LogP contribution >= 0.6 is 0 Å². The normalized spacial score (nSPS) is 15.4. The van der Waals surface area contributed by atoms with Crippen LogP contribution in [0.5, 0.6) is 0 Å². The lowest BCUT2D eigenvalue weighted by molar-refractivity contribution is -0.385. The van der Waals surface area contributed by atoms with Crippen LogP contribution in [0.1, 0.15) is 18.4 Å². The summed E-state index contributed by atoms with van der Waals surface area (Å²) >= 11 is 0. The highest BCUT2D eigenvalue weighted by Crippen LogP contribution is 2.24. The molecule has 7 heteroatoms. The van der Waals surface area contributed by atoms with E-state index >= 15 is 0 Å². The van der Waals surface area contributed by atoms with E-state index in [0.29, 0.717) is 11.6 Å². The summed E-state index contributed by atoms with van der Waals surface area (Å²) in [6.45, 7) is 3.56. The Morgan fingerprint density at radius 1 is 1.26 bits per heavy atom. The number of aromatic nitrogens is 2. The molecular formula is C16H19N5O2. The maximum absolute atomic E-state index is 10.9. The fourth-order valence-corrected chi connectivity index (χ4v) is 2.86. The lowest BCUT2D eigenvalue weighted by Gasteiger charge is -2.32. The molecule has 1 fully saturated rings. The topological polar surface area (TPSA) is 84.2 Å². The van der Waals surface area contributed by atoms with Gasteiger partial charge in [0.05, 0.1) is 4.92 Å². The molecule has 0 aliphatic carbocycles. The maximum atomic E-state index is 10.9. The van der Waals surface area contributed by atoms with Crippen molar-refractivity contribution in [2.75, 3.05) is 23.3 Å². The van der Waals surface area contributed by atoms with Crippen LogP contribution in [-0.2, 0) is 0 Å². The molecule has 0 saturated carbocycles. The molecule has 1 aliphatic rings. The van der Waals surface area contributed by atoms with E-state index in [9.17, 15) is 10.1 Å². The van der Waals surface area contributed by atoms with Gasteiger partial charge in [0.1, 0.15) is 0 Å². The number of nitrogens with one attached hydrogen (secondary N) is 1. The van der Waals surface area contributed by atoms with Crippen LogP contribution in [0.3, 0.4) is 0 Å². The van der Waals surface area contributed by atoms with Crippen molar-refractivity contribution in [3.05, 3.63) is 52.3 Å². The number of aryl methyl sites for hydroxylation is 1. The van der Waals surface area contributed by atoms with Crippen LogP contribution in [0, 0.1) is 17.0 Å².